The van der Waals surface area contributed by atoms with Crippen molar-refractivity contribution in [1.29, 1.82) is 0 Å². The van der Waals surface area contributed by atoms with Crippen LogP contribution in [0.4, 0.5) is 5.69 Å². The normalized spacial score (nSPS) is 10.8. The van der Waals surface area contributed by atoms with E-state index in [-0.39, 0.29) is 5.56 Å². The maximum Gasteiger partial charge on any atom is 0.335 e. The van der Waals surface area contributed by atoms with Crippen LogP contribution in [0, 0.1) is 0 Å². The third kappa shape index (κ3) is 4.58. The summed E-state index contributed by atoms with van der Waals surface area (Å²) in [5.41, 5.74) is 2.86. The molecule has 0 saturated carbocycles. The average molecular weight is 410 g/mol. The summed E-state index contributed by atoms with van der Waals surface area (Å²) in [5, 5.41) is 8.94. The topological polar surface area (TPSA) is 58.9 Å². The number of hydrogen-bond acceptors (Lipinski definition) is 3. The number of ether oxygens (including phenoxy) is 1. The van der Waals surface area contributed by atoms with Crippen LogP contribution in [-0.4, -0.2) is 17.3 Å². The first kappa shape index (κ1) is 17.9. The van der Waals surface area contributed by atoms with E-state index < -0.39 is 5.97 Å². The van der Waals surface area contributed by atoms with Gasteiger partial charge in [0.2, 0.25) is 0 Å². The highest BCUT2D eigenvalue weighted by Gasteiger charge is 2.04. The smallest absolute Gasteiger partial charge is 0.335 e. The highest BCUT2D eigenvalue weighted by atomic mass is 79.9. The van der Waals surface area contributed by atoms with E-state index in [0.29, 0.717) is 12.4 Å². The molecule has 3 aromatic carbocycles. The minimum Gasteiger partial charge on any atom is -0.488 e. The Hall–Kier alpha value is -2.92. The molecular weight excluding hydrogens is 394 g/mol. The summed E-state index contributed by atoms with van der Waals surface area (Å²) in [5.74, 6) is -0.225. The molecule has 0 atom stereocenters. The van der Waals surface area contributed by atoms with E-state index in [4.69, 9.17) is 9.84 Å². The molecule has 0 aliphatic carbocycles. The molecule has 0 fully saturated rings. The van der Waals surface area contributed by atoms with E-state index in [9.17, 15) is 4.79 Å². The van der Waals surface area contributed by atoms with Gasteiger partial charge in [0.1, 0.15) is 12.4 Å². The van der Waals surface area contributed by atoms with Crippen molar-refractivity contribution in [3.05, 3.63) is 94.0 Å². The Balaban J connectivity index is 1.73. The Bertz CT molecular complexity index is 936. The lowest BCUT2D eigenvalue weighted by molar-refractivity contribution is 0.0697. The molecule has 5 heteroatoms. The van der Waals surface area contributed by atoms with Gasteiger partial charge in [-0.15, -0.1) is 0 Å². The molecule has 0 radical (unpaired) electrons. The molecule has 0 heterocycles. The molecule has 1 N–H and O–H groups in total. The molecule has 0 amide bonds. The van der Waals surface area contributed by atoms with Gasteiger partial charge in [0, 0.05) is 16.3 Å². The van der Waals surface area contributed by atoms with Crippen LogP contribution in [0.1, 0.15) is 21.5 Å². The van der Waals surface area contributed by atoms with Gasteiger partial charge in [-0.2, -0.15) is 0 Å². The SMILES string of the molecule is O=C(O)c1ccc(COc2ccccc2C=Nc2ccccc2Br)cc1. The van der Waals surface area contributed by atoms with E-state index in [1.165, 1.54) is 0 Å². The lowest BCUT2D eigenvalue weighted by atomic mass is 10.1. The summed E-state index contributed by atoms with van der Waals surface area (Å²) >= 11 is 3.48. The fourth-order valence-electron chi connectivity index (χ4n) is 2.32. The standard InChI is InChI=1S/C21H16BrNO3/c22-18-6-2-3-7-19(18)23-13-17-5-1-4-8-20(17)26-14-15-9-11-16(12-10-15)21(24)25/h1-13H,14H2,(H,24,25). The molecule has 4 nitrogen and oxygen atoms in total. The van der Waals surface area contributed by atoms with Gasteiger partial charge >= 0.3 is 5.97 Å². The minimum atomic E-state index is -0.939. The van der Waals surface area contributed by atoms with Crippen molar-refractivity contribution in [2.45, 2.75) is 6.61 Å². The van der Waals surface area contributed by atoms with Crippen molar-refractivity contribution in [3.8, 4) is 5.75 Å². The maximum atomic E-state index is 10.9. The number of carbonyl (C=O) groups is 1. The van der Waals surface area contributed by atoms with Crippen LogP contribution in [0.15, 0.2) is 82.3 Å². The first-order valence-corrected chi connectivity index (χ1v) is 8.75. The quantitative estimate of drug-likeness (QED) is 0.548. The highest BCUT2D eigenvalue weighted by molar-refractivity contribution is 9.10. The van der Waals surface area contributed by atoms with Gasteiger partial charge in [-0.3, -0.25) is 4.99 Å². The average Bonchev–Trinajstić information content (AvgIpc) is 2.66. The van der Waals surface area contributed by atoms with Crippen LogP contribution in [0.3, 0.4) is 0 Å². The molecule has 3 aromatic rings. The second-order valence-electron chi connectivity index (χ2n) is 5.54. The first-order valence-electron chi connectivity index (χ1n) is 7.96. The Morgan fingerprint density at radius 1 is 1.00 bits per heavy atom. The third-order valence-corrected chi connectivity index (χ3v) is 4.38. The summed E-state index contributed by atoms with van der Waals surface area (Å²) in [6, 6.07) is 22.0. The second kappa shape index (κ2) is 8.45. The maximum absolute atomic E-state index is 10.9. The van der Waals surface area contributed by atoms with Crippen LogP contribution in [0.2, 0.25) is 0 Å². The van der Waals surface area contributed by atoms with Crippen LogP contribution >= 0.6 is 15.9 Å². The predicted octanol–water partition coefficient (Wildman–Crippen LogP) is 5.48. The molecule has 0 bridgehead atoms. The number of aromatic carboxylic acids is 1. The molecule has 0 aliphatic rings. The van der Waals surface area contributed by atoms with Gasteiger partial charge in [-0.05, 0) is 57.9 Å². The highest BCUT2D eigenvalue weighted by Crippen LogP contribution is 2.25. The number of carboxylic acid groups (broad SMARTS) is 1. The Morgan fingerprint density at radius 3 is 2.42 bits per heavy atom. The predicted molar refractivity (Wildman–Crippen MR) is 106 cm³/mol. The van der Waals surface area contributed by atoms with Crippen molar-refractivity contribution in [3.63, 3.8) is 0 Å². The monoisotopic (exact) mass is 409 g/mol. The number of aliphatic imine (C=N–C) groups is 1. The summed E-state index contributed by atoms with van der Waals surface area (Å²) < 4.78 is 6.82. The number of halogens is 1. The van der Waals surface area contributed by atoms with Crippen LogP contribution in [-0.2, 0) is 6.61 Å². The molecular formula is C21H16BrNO3. The third-order valence-electron chi connectivity index (χ3n) is 3.71. The summed E-state index contributed by atoms with van der Waals surface area (Å²) in [4.78, 5) is 15.4. The number of para-hydroxylation sites is 2. The molecule has 0 spiro atoms. The molecule has 26 heavy (non-hydrogen) atoms. The van der Waals surface area contributed by atoms with Gasteiger partial charge in [0.05, 0.1) is 11.3 Å². The lowest BCUT2D eigenvalue weighted by Crippen LogP contribution is -2.00. The largest absolute Gasteiger partial charge is 0.488 e. The fourth-order valence-corrected chi connectivity index (χ4v) is 2.71. The van der Waals surface area contributed by atoms with Crippen molar-refractivity contribution in [2.75, 3.05) is 0 Å². The molecule has 0 unspecified atom stereocenters. The van der Waals surface area contributed by atoms with Crippen LogP contribution in [0.25, 0.3) is 0 Å². The lowest BCUT2D eigenvalue weighted by Gasteiger charge is -2.09. The second-order valence-corrected chi connectivity index (χ2v) is 6.39. The van der Waals surface area contributed by atoms with E-state index in [2.05, 4.69) is 20.9 Å². The van der Waals surface area contributed by atoms with Gasteiger partial charge in [-0.1, -0.05) is 36.4 Å². The van der Waals surface area contributed by atoms with Gasteiger partial charge in [-0.25, -0.2) is 4.79 Å². The van der Waals surface area contributed by atoms with Crippen LogP contribution in [0.5, 0.6) is 5.75 Å². The van der Waals surface area contributed by atoms with Gasteiger partial charge in [0.25, 0.3) is 0 Å². The van der Waals surface area contributed by atoms with Gasteiger partial charge in [0.15, 0.2) is 0 Å². The molecule has 3 rings (SSSR count). The summed E-state index contributed by atoms with van der Waals surface area (Å²) in [6.45, 7) is 0.347. The van der Waals surface area contributed by atoms with Crippen molar-refractivity contribution in [1.82, 2.24) is 0 Å². The van der Waals surface area contributed by atoms with E-state index in [1.807, 2.05) is 48.5 Å². The Morgan fingerprint density at radius 2 is 1.69 bits per heavy atom. The van der Waals surface area contributed by atoms with E-state index in [1.54, 1.807) is 30.5 Å². The zero-order valence-corrected chi connectivity index (χ0v) is 15.4. The van der Waals surface area contributed by atoms with Crippen LogP contribution < -0.4 is 4.74 Å². The molecule has 0 aromatic heterocycles. The first-order chi connectivity index (χ1) is 12.6. The minimum absolute atomic E-state index is 0.259. The number of carboxylic acids is 1. The molecule has 0 saturated heterocycles. The zero-order chi connectivity index (χ0) is 18.4. The number of benzene rings is 3. The zero-order valence-electron chi connectivity index (χ0n) is 13.8. The van der Waals surface area contributed by atoms with Crippen molar-refractivity contribution in [2.24, 2.45) is 4.99 Å². The number of hydrogen-bond donors (Lipinski definition) is 1. The fraction of sp³-hybridized carbons (Fsp3) is 0.0476. The number of rotatable bonds is 6. The van der Waals surface area contributed by atoms with E-state index >= 15 is 0 Å². The summed E-state index contributed by atoms with van der Waals surface area (Å²) in [7, 11) is 0. The Kier molecular flexibility index (Phi) is 5.81. The van der Waals surface area contributed by atoms with Gasteiger partial charge < -0.3 is 9.84 Å². The Labute approximate surface area is 159 Å². The van der Waals surface area contributed by atoms with E-state index in [0.717, 1.165) is 21.3 Å². The summed E-state index contributed by atoms with van der Waals surface area (Å²) in [6.07, 6.45) is 1.77. The molecule has 130 valence electrons. The van der Waals surface area contributed by atoms with Crippen molar-refractivity contribution >= 4 is 33.8 Å². The van der Waals surface area contributed by atoms with Crippen molar-refractivity contribution < 1.29 is 14.6 Å². The molecule has 0 aliphatic heterocycles. The number of nitrogens with zero attached hydrogens (tertiary/aromatic N) is 1.